The van der Waals surface area contributed by atoms with E-state index in [0.29, 0.717) is 24.1 Å². The minimum atomic E-state index is -2.79. The number of sulfone groups is 1. The van der Waals surface area contributed by atoms with Gasteiger partial charge in [-0.2, -0.15) is 0 Å². The molecule has 5 heteroatoms. The molecule has 0 saturated carbocycles. The largest absolute Gasteiger partial charge is 0.329 e. The summed E-state index contributed by atoms with van der Waals surface area (Å²) in [7, 11) is -0.763. The molecule has 1 fully saturated rings. The maximum Gasteiger partial charge on any atom is 0.151 e. The second-order valence-corrected chi connectivity index (χ2v) is 7.69. The van der Waals surface area contributed by atoms with Crippen molar-refractivity contribution in [3.05, 3.63) is 0 Å². The van der Waals surface area contributed by atoms with E-state index in [1.807, 2.05) is 7.05 Å². The molecule has 0 aromatic carbocycles. The molecule has 0 spiro atoms. The molecule has 2 N–H and O–H groups in total. The van der Waals surface area contributed by atoms with Crippen molar-refractivity contribution in [1.82, 2.24) is 4.90 Å². The molecular weight excluding hydrogens is 248 g/mol. The molecule has 0 amide bonds. The molecule has 1 heterocycles. The predicted octanol–water partition coefficient (Wildman–Crippen LogP) is 1.40. The third-order valence-electron chi connectivity index (χ3n) is 4.02. The monoisotopic (exact) mass is 276 g/mol. The second-order valence-electron chi connectivity index (χ2n) is 5.46. The van der Waals surface area contributed by atoms with Gasteiger partial charge < -0.3 is 5.73 Å². The van der Waals surface area contributed by atoms with Crippen LogP contribution in [0.4, 0.5) is 0 Å². The normalized spacial score (nSPS) is 24.6. The van der Waals surface area contributed by atoms with Crippen LogP contribution in [0.5, 0.6) is 0 Å². The van der Waals surface area contributed by atoms with Crippen LogP contribution in [-0.2, 0) is 9.84 Å². The fourth-order valence-electron chi connectivity index (χ4n) is 2.69. The number of unbranched alkanes of at least 4 members (excludes halogenated alkanes) is 3. The lowest BCUT2D eigenvalue weighted by Crippen LogP contribution is -2.44. The van der Waals surface area contributed by atoms with Crippen LogP contribution in [0.1, 0.15) is 45.4 Å². The fraction of sp³-hybridized carbons (Fsp3) is 1.00. The highest BCUT2D eigenvalue weighted by atomic mass is 32.2. The van der Waals surface area contributed by atoms with Gasteiger partial charge in [0.2, 0.25) is 0 Å². The van der Waals surface area contributed by atoms with E-state index in [2.05, 4.69) is 11.8 Å². The topological polar surface area (TPSA) is 63.4 Å². The standard InChI is InChI=1S/C13H28N2O2S/c1-3-4-5-6-7-12(10-14)15(2)13-8-9-18(16,17)11-13/h12-13H,3-11,14H2,1-2H3. The van der Waals surface area contributed by atoms with Crippen LogP contribution < -0.4 is 5.73 Å². The quantitative estimate of drug-likeness (QED) is 0.681. The van der Waals surface area contributed by atoms with Crippen LogP contribution in [0.3, 0.4) is 0 Å². The van der Waals surface area contributed by atoms with Gasteiger partial charge in [0.25, 0.3) is 0 Å². The van der Waals surface area contributed by atoms with E-state index in [9.17, 15) is 8.42 Å². The highest BCUT2D eigenvalue weighted by Gasteiger charge is 2.32. The van der Waals surface area contributed by atoms with Gasteiger partial charge in [-0.3, -0.25) is 4.90 Å². The van der Waals surface area contributed by atoms with Crippen molar-refractivity contribution < 1.29 is 8.42 Å². The van der Waals surface area contributed by atoms with Crippen LogP contribution in [0.25, 0.3) is 0 Å². The van der Waals surface area contributed by atoms with Crippen LogP contribution in [0.15, 0.2) is 0 Å². The SMILES string of the molecule is CCCCCCC(CN)N(C)C1CCS(=O)(=O)C1. The molecule has 0 radical (unpaired) electrons. The number of rotatable bonds is 8. The Kier molecular flexibility index (Phi) is 6.60. The van der Waals surface area contributed by atoms with E-state index in [0.717, 1.165) is 12.8 Å². The Morgan fingerprint density at radius 3 is 2.56 bits per heavy atom. The smallest absolute Gasteiger partial charge is 0.151 e. The van der Waals surface area contributed by atoms with Crippen molar-refractivity contribution in [2.75, 3.05) is 25.1 Å². The van der Waals surface area contributed by atoms with Crippen molar-refractivity contribution in [2.24, 2.45) is 5.73 Å². The number of hydrogen-bond donors (Lipinski definition) is 1. The molecule has 0 aliphatic carbocycles. The fourth-order valence-corrected chi connectivity index (χ4v) is 4.48. The van der Waals surface area contributed by atoms with E-state index in [-0.39, 0.29) is 6.04 Å². The predicted molar refractivity (Wildman–Crippen MR) is 76.4 cm³/mol. The summed E-state index contributed by atoms with van der Waals surface area (Å²) >= 11 is 0. The van der Waals surface area contributed by atoms with Crippen molar-refractivity contribution in [1.29, 1.82) is 0 Å². The van der Waals surface area contributed by atoms with Crippen molar-refractivity contribution >= 4 is 9.84 Å². The maximum atomic E-state index is 11.5. The van der Waals surface area contributed by atoms with Gasteiger partial charge in [0.15, 0.2) is 9.84 Å². The lowest BCUT2D eigenvalue weighted by atomic mass is 10.0. The van der Waals surface area contributed by atoms with Gasteiger partial charge in [-0.1, -0.05) is 32.6 Å². The van der Waals surface area contributed by atoms with E-state index in [1.165, 1.54) is 25.7 Å². The molecule has 0 bridgehead atoms. The molecule has 1 saturated heterocycles. The molecular formula is C13H28N2O2S. The Hall–Kier alpha value is -0.130. The van der Waals surface area contributed by atoms with Gasteiger partial charge in [-0.25, -0.2) is 8.42 Å². The molecule has 2 atom stereocenters. The summed E-state index contributed by atoms with van der Waals surface area (Å²) in [5.41, 5.74) is 5.83. The average molecular weight is 276 g/mol. The van der Waals surface area contributed by atoms with E-state index < -0.39 is 9.84 Å². The zero-order chi connectivity index (χ0) is 13.6. The summed E-state index contributed by atoms with van der Waals surface area (Å²) in [6.45, 7) is 2.83. The number of nitrogens with two attached hydrogens (primary N) is 1. The molecule has 2 unspecified atom stereocenters. The first-order valence-corrected chi connectivity index (χ1v) is 8.94. The first-order valence-electron chi connectivity index (χ1n) is 7.12. The van der Waals surface area contributed by atoms with E-state index in [1.54, 1.807) is 0 Å². The zero-order valence-electron chi connectivity index (χ0n) is 11.8. The highest BCUT2D eigenvalue weighted by Crippen LogP contribution is 2.20. The Morgan fingerprint density at radius 1 is 1.33 bits per heavy atom. The first kappa shape index (κ1) is 15.9. The average Bonchev–Trinajstić information content (AvgIpc) is 2.69. The van der Waals surface area contributed by atoms with E-state index >= 15 is 0 Å². The summed E-state index contributed by atoms with van der Waals surface area (Å²) in [5, 5.41) is 0. The van der Waals surface area contributed by atoms with E-state index in [4.69, 9.17) is 5.73 Å². The highest BCUT2D eigenvalue weighted by molar-refractivity contribution is 7.91. The van der Waals surface area contributed by atoms with Gasteiger partial charge in [0.1, 0.15) is 0 Å². The molecule has 0 aromatic rings. The lowest BCUT2D eigenvalue weighted by Gasteiger charge is -2.31. The summed E-state index contributed by atoms with van der Waals surface area (Å²) < 4.78 is 23.0. The lowest BCUT2D eigenvalue weighted by molar-refractivity contribution is 0.179. The molecule has 108 valence electrons. The molecule has 4 nitrogen and oxygen atoms in total. The molecule has 1 aliphatic heterocycles. The summed E-state index contributed by atoms with van der Waals surface area (Å²) in [5.74, 6) is 0.657. The van der Waals surface area contributed by atoms with Gasteiger partial charge in [0, 0.05) is 18.6 Å². The van der Waals surface area contributed by atoms with Crippen molar-refractivity contribution in [2.45, 2.75) is 57.5 Å². The van der Waals surface area contributed by atoms with Crippen molar-refractivity contribution in [3.8, 4) is 0 Å². The van der Waals surface area contributed by atoms with Crippen LogP contribution in [0, 0.1) is 0 Å². The third-order valence-corrected chi connectivity index (χ3v) is 5.77. The Morgan fingerprint density at radius 2 is 2.06 bits per heavy atom. The maximum absolute atomic E-state index is 11.5. The number of likely N-dealkylation sites (N-methyl/N-ethyl adjacent to an activating group) is 1. The molecule has 0 aromatic heterocycles. The minimum Gasteiger partial charge on any atom is -0.329 e. The summed E-state index contributed by atoms with van der Waals surface area (Å²) in [6, 6.07) is 0.509. The van der Waals surface area contributed by atoms with Crippen molar-refractivity contribution in [3.63, 3.8) is 0 Å². The van der Waals surface area contributed by atoms with Crippen LogP contribution in [0.2, 0.25) is 0 Å². The molecule has 18 heavy (non-hydrogen) atoms. The van der Waals surface area contributed by atoms with Gasteiger partial charge >= 0.3 is 0 Å². The first-order chi connectivity index (χ1) is 8.50. The Balaban J connectivity index is 2.39. The zero-order valence-corrected chi connectivity index (χ0v) is 12.6. The van der Waals surface area contributed by atoms with Crippen LogP contribution >= 0.6 is 0 Å². The minimum absolute atomic E-state index is 0.176. The van der Waals surface area contributed by atoms with Gasteiger partial charge in [0.05, 0.1) is 11.5 Å². The third kappa shape index (κ3) is 4.86. The molecule has 1 aliphatic rings. The second kappa shape index (κ2) is 7.46. The number of hydrogen-bond acceptors (Lipinski definition) is 4. The van der Waals surface area contributed by atoms with Gasteiger partial charge in [-0.05, 0) is 19.9 Å². The van der Waals surface area contributed by atoms with Gasteiger partial charge in [-0.15, -0.1) is 0 Å². The van der Waals surface area contributed by atoms with Crippen LogP contribution in [-0.4, -0.2) is 50.5 Å². The Labute approximate surface area is 112 Å². The number of nitrogens with zero attached hydrogens (tertiary/aromatic N) is 1. The Bertz CT molecular complexity index is 330. The summed E-state index contributed by atoms with van der Waals surface area (Å²) in [4.78, 5) is 2.20. The molecule has 1 rings (SSSR count). The summed E-state index contributed by atoms with van der Waals surface area (Å²) in [6.07, 6.45) is 6.82.